The van der Waals surface area contributed by atoms with Gasteiger partial charge in [0.05, 0.1) is 0 Å². The van der Waals surface area contributed by atoms with Crippen LogP contribution in [0.25, 0.3) is 0 Å². The number of carbonyl (C=O) groups excluding carboxylic acids is 1. The summed E-state index contributed by atoms with van der Waals surface area (Å²) in [7, 11) is 0. The molecule has 1 heterocycles. The second kappa shape index (κ2) is 12.9. The molecule has 3 N–H and O–H groups in total. The molecular weight excluding hydrogens is 465 g/mol. The summed E-state index contributed by atoms with van der Waals surface area (Å²) in [6, 6.07) is 10.6. The van der Waals surface area contributed by atoms with Gasteiger partial charge < -0.3 is 20.9 Å². The number of carbonyl (C=O) groups is 1. The molecule has 1 saturated heterocycles. The molecule has 2 rings (SSSR count). The molecule has 0 aromatic heterocycles. The number of guanidine groups is 1. The van der Waals surface area contributed by atoms with Crippen molar-refractivity contribution in [3.05, 3.63) is 30.3 Å². The lowest BCUT2D eigenvalue weighted by Gasteiger charge is -2.36. The molecule has 1 fully saturated rings. The van der Waals surface area contributed by atoms with Crippen LogP contribution in [0.3, 0.4) is 0 Å². The number of piperazine rings is 1. The minimum atomic E-state index is 0. The number of rotatable bonds is 8. The lowest BCUT2D eigenvalue weighted by atomic mass is 10.0. The number of hydrogen-bond acceptors (Lipinski definition) is 3. The number of benzene rings is 1. The van der Waals surface area contributed by atoms with E-state index in [9.17, 15) is 4.79 Å². The third-order valence-electron chi connectivity index (χ3n) is 4.95. The molecule has 1 atom stereocenters. The fraction of sp³-hybridized carbons (Fsp3) is 0.619. The number of nitrogens with two attached hydrogens (primary N) is 1. The van der Waals surface area contributed by atoms with Crippen molar-refractivity contribution in [1.29, 1.82) is 0 Å². The Kier molecular flexibility index (Phi) is 11.3. The van der Waals surface area contributed by atoms with Gasteiger partial charge >= 0.3 is 0 Å². The SMILES string of the molecule is CC(C)CCCC(C)NC(N)=NCC(=O)N1CCN(c2ccccc2)CC1.I. The number of hydrogen-bond donors (Lipinski definition) is 2. The number of nitrogens with zero attached hydrogens (tertiary/aromatic N) is 3. The predicted molar refractivity (Wildman–Crippen MR) is 128 cm³/mol. The monoisotopic (exact) mass is 501 g/mol. The summed E-state index contributed by atoms with van der Waals surface area (Å²) in [5, 5.41) is 3.19. The third-order valence-corrected chi connectivity index (χ3v) is 4.95. The zero-order chi connectivity index (χ0) is 19.6. The molecule has 0 bridgehead atoms. The van der Waals surface area contributed by atoms with Gasteiger partial charge in [-0.15, -0.1) is 24.0 Å². The summed E-state index contributed by atoms with van der Waals surface area (Å²) in [5.41, 5.74) is 7.15. The maximum atomic E-state index is 12.4. The largest absolute Gasteiger partial charge is 0.370 e. The summed E-state index contributed by atoms with van der Waals surface area (Å²) in [6.07, 6.45) is 3.45. The molecule has 7 heteroatoms. The Morgan fingerprint density at radius 1 is 1.11 bits per heavy atom. The molecule has 0 saturated carbocycles. The molecule has 1 unspecified atom stereocenters. The molecule has 1 aliphatic heterocycles. The van der Waals surface area contributed by atoms with Gasteiger partial charge in [0.2, 0.25) is 5.91 Å². The Hall–Kier alpha value is -1.51. The van der Waals surface area contributed by atoms with Crippen molar-refractivity contribution >= 4 is 41.5 Å². The Bertz CT molecular complexity index is 600. The van der Waals surface area contributed by atoms with E-state index in [0.29, 0.717) is 5.96 Å². The first-order valence-electron chi connectivity index (χ1n) is 10.1. The second-order valence-corrected chi connectivity index (χ2v) is 7.77. The van der Waals surface area contributed by atoms with E-state index in [1.807, 2.05) is 23.1 Å². The molecule has 0 aliphatic carbocycles. The smallest absolute Gasteiger partial charge is 0.244 e. The highest BCUT2D eigenvalue weighted by Crippen LogP contribution is 2.15. The average molecular weight is 501 g/mol. The number of anilines is 1. The van der Waals surface area contributed by atoms with Gasteiger partial charge in [0.1, 0.15) is 6.54 Å². The summed E-state index contributed by atoms with van der Waals surface area (Å²) >= 11 is 0. The number of halogens is 1. The molecule has 28 heavy (non-hydrogen) atoms. The van der Waals surface area contributed by atoms with Gasteiger partial charge in [0.25, 0.3) is 0 Å². The standard InChI is InChI=1S/C21H35N5O.HI/c1-17(2)8-7-9-18(3)24-21(22)23-16-20(27)26-14-12-25(13-15-26)19-10-5-4-6-11-19;/h4-6,10-11,17-18H,7-9,12-16H2,1-3H3,(H3,22,23,24);1H. The molecule has 1 aromatic rings. The molecule has 1 amide bonds. The molecule has 1 aromatic carbocycles. The summed E-state index contributed by atoms with van der Waals surface area (Å²) < 4.78 is 0. The van der Waals surface area contributed by atoms with Crippen molar-refractivity contribution in [2.24, 2.45) is 16.6 Å². The topological polar surface area (TPSA) is 74.0 Å². The van der Waals surface area contributed by atoms with E-state index in [2.05, 4.69) is 48.1 Å². The van der Waals surface area contributed by atoms with Crippen LogP contribution in [-0.2, 0) is 4.79 Å². The molecule has 1 aliphatic rings. The normalized spacial score (nSPS) is 15.9. The van der Waals surface area contributed by atoms with E-state index in [0.717, 1.165) is 38.5 Å². The first-order valence-corrected chi connectivity index (χ1v) is 10.1. The van der Waals surface area contributed by atoms with Gasteiger partial charge in [0.15, 0.2) is 5.96 Å². The van der Waals surface area contributed by atoms with Gasteiger partial charge in [-0.1, -0.05) is 44.9 Å². The Morgan fingerprint density at radius 3 is 2.36 bits per heavy atom. The highest BCUT2D eigenvalue weighted by atomic mass is 127. The quantitative estimate of drug-likeness (QED) is 0.326. The lowest BCUT2D eigenvalue weighted by Crippen LogP contribution is -2.49. The van der Waals surface area contributed by atoms with Crippen molar-refractivity contribution in [1.82, 2.24) is 10.2 Å². The summed E-state index contributed by atoms with van der Waals surface area (Å²) in [5.74, 6) is 1.13. The first-order chi connectivity index (χ1) is 13.0. The first kappa shape index (κ1) is 24.5. The van der Waals surface area contributed by atoms with Crippen LogP contribution in [0.1, 0.15) is 40.0 Å². The Balaban J connectivity index is 0.00000392. The molecule has 158 valence electrons. The number of aliphatic imine (C=N–C) groups is 1. The fourth-order valence-electron chi connectivity index (χ4n) is 3.31. The van der Waals surface area contributed by atoms with E-state index in [1.54, 1.807) is 0 Å². The maximum absolute atomic E-state index is 12.4. The van der Waals surface area contributed by atoms with Crippen LogP contribution in [0.4, 0.5) is 5.69 Å². The van der Waals surface area contributed by atoms with E-state index >= 15 is 0 Å². The van der Waals surface area contributed by atoms with E-state index < -0.39 is 0 Å². The van der Waals surface area contributed by atoms with E-state index in [4.69, 9.17) is 5.73 Å². The van der Waals surface area contributed by atoms with Crippen LogP contribution in [-0.4, -0.2) is 55.5 Å². The van der Waals surface area contributed by atoms with Gasteiger partial charge in [-0.2, -0.15) is 0 Å². The van der Waals surface area contributed by atoms with Gasteiger partial charge in [-0.3, -0.25) is 4.79 Å². The molecule has 0 radical (unpaired) electrons. The second-order valence-electron chi connectivity index (χ2n) is 7.77. The van der Waals surface area contributed by atoms with Crippen LogP contribution in [0, 0.1) is 5.92 Å². The highest BCUT2D eigenvalue weighted by molar-refractivity contribution is 14.0. The van der Waals surface area contributed by atoms with Crippen molar-refractivity contribution < 1.29 is 4.79 Å². The van der Waals surface area contributed by atoms with Crippen molar-refractivity contribution in [2.75, 3.05) is 37.6 Å². The van der Waals surface area contributed by atoms with Crippen LogP contribution in [0.5, 0.6) is 0 Å². The number of nitrogens with one attached hydrogen (secondary N) is 1. The van der Waals surface area contributed by atoms with Crippen molar-refractivity contribution in [2.45, 2.75) is 46.1 Å². The summed E-state index contributed by atoms with van der Waals surface area (Å²) in [6.45, 7) is 9.83. The van der Waals surface area contributed by atoms with Crippen LogP contribution in [0.15, 0.2) is 35.3 Å². The minimum Gasteiger partial charge on any atom is -0.370 e. The fourth-order valence-corrected chi connectivity index (χ4v) is 3.31. The number of para-hydroxylation sites is 1. The van der Waals surface area contributed by atoms with Crippen LogP contribution >= 0.6 is 24.0 Å². The van der Waals surface area contributed by atoms with Crippen LogP contribution in [0.2, 0.25) is 0 Å². The highest BCUT2D eigenvalue weighted by Gasteiger charge is 2.20. The lowest BCUT2D eigenvalue weighted by molar-refractivity contribution is -0.129. The maximum Gasteiger partial charge on any atom is 0.244 e. The third kappa shape index (κ3) is 8.67. The predicted octanol–water partition coefficient (Wildman–Crippen LogP) is 3.07. The summed E-state index contributed by atoms with van der Waals surface area (Å²) in [4.78, 5) is 20.8. The Morgan fingerprint density at radius 2 is 1.75 bits per heavy atom. The van der Waals surface area contributed by atoms with Gasteiger partial charge in [0, 0.05) is 37.9 Å². The zero-order valence-corrected chi connectivity index (χ0v) is 19.8. The van der Waals surface area contributed by atoms with Gasteiger partial charge in [-0.05, 0) is 31.4 Å². The zero-order valence-electron chi connectivity index (χ0n) is 17.4. The van der Waals surface area contributed by atoms with E-state index in [-0.39, 0.29) is 42.5 Å². The van der Waals surface area contributed by atoms with E-state index in [1.165, 1.54) is 18.5 Å². The molecular formula is C21H36IN5O. The van der Waals surface area contributed by atoms with Gasteiger partial charge in [-0.25, -0.2) is 4.99 Å². The Labute approximate surface area is 187 Å². The molecule has 0 spiro atoms. The van der Waals surface area contributed by atoms with Crippen molar-refractivity contribution in [3.8, 4) is 0 Å². The van der Waals surface area contributed by atoms with Crippen LogP contribution < -0.4 is 16.0 Å². The minimum absolute atomic E-state index is 0. The molecule has 6 nitrogen and oxygen atoms in total. The average Bonchev–Trinajstić information content (AvgIpc) is 2.66. The van der Waals surface area contributed by atoms with Crippen molar-refractivity contribution in [3.63, 3.8) is 0 Å². The number of amides is 1.